The van der Waals surface area contributed by atoms with E-state index in [2.05, 4.69) is 15.3 Å². The van der Waals surface area contributed by atoms with Gasteiger partial charge in [0.2, 0.25) is 0 Å². The lowest BCUT2D eigenvalue weighted by Crippen LogP contribution is -2.29. The Morgan fingerprint density at radius 2 is 1.88 bits per heavy atom. The maximum atomic E-state index is 13.4. The van der Waals surface area contributed by atoms with Crippen molar-refractivity contribution < 1.29 is 13.2 Å². The highest BCUT2D eigenvalue weighted by atomic mass is 35.5. The number of hydrogen-bond donors (Lipinski definition) is 1. The molecular weight excluding hydrogens is 480 g/mol. The fourth-order valence-electron chi connectivity index (χ4n) is 3.67. The van der Waals surface area contributed by atoms with E-state index in [1.165, 1.54) is 33.8 Å². The van der Waals surface area contributed by atoms with Crippen molar-refractivity contribution in [3.8, 4) is 11.3 Å². The molecule has 1 aliphatic rings. The first-order valence-corrected chi connectivity index (χ1v) is 12.7. The second-order valence-electron chi connectivity index (χ2n) is 7.33. The predicted molar refractivity (Wildman–Crippen MR) is 129 cm³/mol. The smallest absolute Gasteiger partial charge is 0.265 e. The van der Waals surface area contributed by atoms with Crippen molar-refractivity contribution in [2.45, 2.75) is 11.3 Å². The lowest BCUT2D eigenvalue weighted by atomic mass is 10.2. The second-order valence-corrected chi connectivity index (χ2v) is 10.4. The van der Waals surface area contributed by atoms with Gasteiger partial charge in [0.05, 0.1) is 16.4 Å². The van der Waals surface area contributed by atoms with E-state index in [4.69, 9.17) is 11.6 Å². The summed E-state index contributed by atoms with van der Waals surface area (Å²) in [7, 11) is -3.94. The topological polar surface area (TPSA) is 92.3 Å². The van der Waals surface area contributed by atoms with Crippen LogP contribution >= 0.6 is 22.9 Å². The molecule has 5 rings (SSSR count). The van der Waals surface area contributed by atoms with Crippen LogP contribution in [0.15, 0.2) is 77.3 Å². The zero-order valence-electron chi connectivity index (χ0n) is 17.1. The van der Waals surface area contributed by atoms with Gasteiger partial charge in [-0.25, -0.2) is 13.4 Å². The minimum absolute atomic E-state index is 0.0603. The number of fused-ring (bicyclic) bond motifs is 1. The number of carbonyl (C=O) groups excluding carboxylic acids is 1. The quantitative estimate of drug-likeness (QED) is 0.426. The van der Waals surface area contributed by atoms with E-state index < -0.39 is 15.9 Å². The number of pyridine rings is 1. The molecule has 0 fully saturated rings. The molecule has 10 heteroatoms. The van der Waals surface area contributed by atoms with Gasteiger partial charge in [-0.1, -0.05) is 29.8 Å². The number of hydrogen-bond acceptors (Lipinski definition) is 6. The Morgan fingerprint density at radius 3 is 2.70 bits per heavy atom. The van der Waals surface area contributed by atoms with Gasteiger partial charge in [0.25, 0.3) is 15.9 Å². The SMILES string of the molecule is O=C(Nc1nc(-c2ccncc2)cs1)c1ccc(Cl)c(S(=O)(=O)N2CCc3ccccc32)c1. The molecule has 0 aliphatic carbocycles. The average molecular weight is 497 g/mol. The Kier molecular flexibility index (Phi) is 5.61. The molecule has 1 amide bonds. The molecule has 33 heavy (non-hydrogen) atoms. The fourth-order valence-corrected chi connectivity index (χ4v) is 6.40. The summed E-state index contributed by atoms with van der Waals surface area (Å²) < 4.78 is 28.2. The van der Waals surface area contributed by atoms with Crippen LogP contribution < -0.4 is 9.62 Å². The third kappa shape index (κ3) is 4.10. The molecule has 0 bridgehead atoms. The Balaban J connectivity index is 1.41. The number of thiazole rings is 1. The molecule has 0 unspecified atom stereocenters. The fraction of sp³-hybridized carbons (Fsp3) is 0.0870. The maximum absolute atomic E-state index is 13.4. The van der Waals surface area contributed by atoms with Crippen molar-refractivity contribution in [3.05, 3.63) is 88.5 Å². The van der Waals surface area contributed by atoms with Crippen molar-refractivity contribution in [1.82, 2.24) is 9.97 Å². The molecule has 0 atom stereocenters. The Bertz CT molecular complexity index is 1460. The van der Waals surface area contributed by atoms with Gasteiger partial charge in [0, 0.05) is 35.4 Å². The lowest BCUT2D eigenvalue weighted by molar-refractivity contribution is 0.102. The number of anilines is 2. The Morgan fingerprint density at radius 1 is 1.09 bits per heavy atom. The van der Waals surface area contributed by atoms with Crippen molar-refractivity contribution in [2.75, 3.05) is 16.2 Å². The summed E-state index contributed by atoms with van der Waals surface area (Å²) in [6.07, 6.45) is 3.96. The number of aromatic nitrogens is 2. The lowest BCUT2D eigenvalue weighted by Gasteiger charge is -2.20. The number of sulfonamides is 1. The molecular formula is C23H17ClN4O3S2. The summed E-state index contributed by atoms with van der Waals surface area (Å²) in [6, 6.07) is 15.2. The molecule has 3 heterocycles. The van der Waals surface area contributed by atoms with E-state index in [0.29, 0.717) is 29.5 Å². The monoisotopic (exact) mass is 496 g/mol. The van der Waals surface area contributed by atoms with Crippen LogP contribution in [0, 0.1) is 0 Å². The van der Waals surface area contributed by atoms with Crippen LogP contribution in [-0.2, 0) is 16.4 Å². The van der Waals surface area contributed by atoms with Gasteiger partial charge in [-0.3, -0.25) is 19.4 Å². The Labute approximate surface area is 199 Å². The summed E-state index contributed by atoms with van der Waals surface area (Å²) in [6.45, 7) is 0.325. The largest absolute Gasteiger partial charge is 0.298 e. The number of halogens is 1. The van der Waals surface area contributed by atoms with Crippen LogP contribution in [0.25, 0.3) is 11.3 Å². The highest BCUT2D eigenvalue weighted by Crippen LogP contribution is 2.35. The summed E-state index contributed by atoms with van der Waals surface area (Å²) in [4.78, 5) is 21.2. The van der Waals surface area contributed by atoms with E-state index in [1.807, 2.05) is 29.6 Å². The van der Waals surface area contributed by atoms with E-state index in [-0.39, 0.29) is 15.5 Å². The molecule has 0 radical (unpaired) electrons. The zero-order valence-corrected chi connectivity index (χ0v) is 19.5. The van der Waals surface area contributed by atoms with E-state index in [9.17, 15) is 13.2 Å². The third-order valence-electron chi connectivity index (χ3n) is 5.31. The van der Waals surface area contributed by atoms with Gasteiger partial charge in [-0.05, 0) is 48.4 Å². The molecule has 1 aliphatic heterocycles. The van der Waals surface area contributed by atoms with E-state index in [0.717, 1.165) is 11.1 Å². The number of rotatable bonds is 5. The van der Waals surface area contributed by atoms with Crippen LogP contribution in [0.2, 0.25) is 5.02 Å². The summed E-state index contributed by atoms with van der Waals surface area (Å²) in [5.41, 5.74) is 3.36. The van der Waals surface area contributed by atoms with Gasteiger partial charge in [-0.2, -0.15) is 0 Å². The molecule has 4 aromatic rings. The van der Waals surface area contributed by atoms with Crippen molar-refractivity contribution in [1.29, 1.82) is 0 Å². The van der Waals surface area contributed by atoms with Crippen molar-refractivity contribution in [3.63, 3.8) is 0 Å². The molecule has 0 saturated heterocycles. The predicted octanol–water partition coefficient (Wildman–Crippen LogP) is 4.86. The summed E-state index contributed by atoms with van der Waals surface area (Å²) in [5, 5.41) is 5.02. The second kappa shape index (κ2) is 8.58. The standard InChI is InChI=1S/C23H17ClN4O3S2/c24-18-6-5-17(22(29)27-23-26-19(14-32-23)15-7-10-25-11-8-15)13-21(18)33(30,31)28-12-9-16-3-1-2-4-20(16)28/h1-8,10-11,13-14H,9,12H2,(H,26,27,29). The minimum Gasteiger partial charge on any atom is -0.298 e. The molecule has 0 spiro atoms. The van der Waals surface area contributed by atoms with Crippen LogP contribution in [0.5, 0.6) is 0 Å². The molecule has 0 saturated carbocycles. The average Bonchev–Trinajstić information content (AvgIpc) is 3.47. The number of amides is 1. The molecule has 1 N–H and O–H groups in total. The number of carbonyl (C=O) groups is 1. The first kappa shape index (κ1) is 21.6. The van der Waals surface area contributed by atoms with Crippen molar-refractivity contribution in [2.24, 2.45) is 0 Å². The molecule has 2 aromatic carbocycles. The Hall–Kier alpha value is -3.27. The van der Waals surface area contributed by atoms with Gasteiger partial charge in [-0.15, -0.1) is 11.3 Å². The third-order valence-corrected chi connectivity index (χ3v) is 8.36. The number of nitrogens with one attached hydrogen (secondary N) is 1. The minimum atomic E-state index is -3.94. The van der Waals surface area contributed by atoms with Gasteiger partial charge in [0.1, 0.15) is 4.90 Å². The van der Waals surface area contributed by atoms with E-state index in [1.54, 1.807) is 24.5 Å². The normalized spacial score (nSPS) is 13.1. The molecule has 7 nitrogen and oxygen atoms in total. The van der Waals surface area contributed by atoms with Gasteiger partial charge < -0.3 is 0 Å². The van der Waals surface area contributed by atoms with Gasteiger partial charge in [0.15, 0.2) is 5.13 Å². The molecule has 166 valence electrons. The van der Waals surface area contributed by atoms with Crippen LogP contribution in [0.4, 0.5) is 10.8 Å². The zero-order chi connectivity index (χ0) is 23.0. The van der Waals surface area contributed by atoms with Crippen LogP contribution in [0.1, 0.15) is 15.9 Å². The van der Waals surface area contributed by atoms with Gasteiger partial charge >= 0.3 is 0 Å². The van der Waals surface area contributed by atoms with E-state index >= 15 is 0 Å². The van der Waals surface area contributed by atoms with Crippen LogP contribution in [-0.4, -0.2) is 30.8 Å². The highest BCUT2D eigenvalue weighted by Gasteiger charge is 2.32. The summed E-state index contributed by atoms with van der Waals surface area (Å²) >= 11 is 7.55. The molecule has 2 aromatic heterocycles. The maximum Gasteiger partial charge on any atom is 0.265 e. The number of nitrogens with zero attached hydrogens (tertiary/aromatic N) is 3. The summed E-state index contributed by atoms with van der Waals surface area (Å²) in [5.74, 6) is -0.472. The highest BCUT2D eigenvalue weighted by molar-refractivity contribution is 7.93. The van der Waals surface area contributed by atoms with Crippen LogP contribution in [0.3, 0.4) is 0 Å². The number of para-hydroxylation sites is 1. The first-order valence-electron chi connectivity index (χ1n) is 10.0. The first-order chi connectivity index (χ1) is 15.9. The van der Waals surface area contributed by atoms with Crippen molar-refractivity contribution >= 4 is 49.7 Å². The number of benzene rings is 2.